The maximum absolute atomic E-state index is 11.9. The molecule has 0 bridgehead atoms. The Morgan fingerprint density at radius 3 is 2.57 bits per heavy atom. The van der Waals surface area contributed by atoms with Gasteiger partial charge in [-0.25, -0.2) is 4.79 Å². The Kier molecular flexibility index (Phi) is 7.46. The zero-order valence-electron chi connectivity index (χ0n) is 14.3. The van der Waals surface area contributed by atoms with E-state index in [-0.39, 0.29) is 6.09 Å². The molecule has 1 rings (SSSR count). The fourth-order valence-electron chi connectivity index (χ4n) is 2.43. The second-order valence-corrected chi connectivity index (χ2v) is 7.18. The molecule has 0 spiro atoms. The molecule has 5 nitrogen and oxygen atoms in total. The van der Waals surface area contributed by atoms with Gasteiger partial charge in [-0.1, -0.05) is 6.92 Å². The predicted molar refractivity (Wildman–Crippen MR) is 84.4 cm³/mol. The Balaban J connectivity index is 2.16. The molecule has 1 fully saturated rings. The zero-order valence-corrected chi connectivity index (χ0v) is 14.3. The van der Waals surface area contributed by atoms with Crippen molar-refractivity contribution in [3.8, 4) is 0 Å². The standard InChI is InChI=1S/C16H32N2O3/c1-13(10-17-11-14-6-8-20-9-7-14)12-18(5)15(19)21-16(2,3)4/h13-14,17H,6-12H2,1-5H3. The summed E-state index contributed by atoms with van der Waals surface area (Å²) in [5.41, 5.74) is -0.435. The van der Waals surface area contributed by atoms with Gasteiger partial charge in [0.15, 0.2) is 0 Å². The minimum Gasteiger partial charge on any atom is -0.444 e. The molecule has 0 aliphatic carbocycles. The first kappa shape index (κ1) is 18.2. The fraction of sp³-hybridized carbons (Fsp3) is 0.938. The van der Waals surface area contributed by atoms with Crippen molar-refractivity contribution in [1.82, 2.24) is 10.2 Å². The van der Waals surface area contributed by atoms with E-state index in [0.717, 1.165) is 45.1 Å². The van der Waals surface area contributed by atoms with E-state index in [1.807, 2.05) is 20.8 Å². The van der Waals surface area contributed by atoms with Gasteiger partial charge in [0.05, 0.1) is 0 Å². The van der Waals surface area contributed by atoms with Crippen molar-refractivity contribution in [2.24, 2.45) is 11.8 Å². The summed E-state index contributed by atoms with van der Waals surface area (Å²) < 4.78 is 10.7. The van der Waals surface area contributed by atoms with E-state index in [9.17, 15) is 4.79 Å². The third kappa shape index (κ3) is 8.27. The highest BCUT2D eigenvalue weighted by Gasteiger charge is 2.21. The second kappa shape index (κ2) is 8.59. The maximum Gasteiger partial charge on any atom is 0.410 e. The molecule has 1 aliphatic heterocycles. The summed E-state index contributed by atoms with van der Waals surface area (Å²) in [4.78, 5) is 13.5. The SMILES string of the molecule is CC(CNCC1CCOCC1)CN(C)C(=O)OC(C)(C)C. The number of amides is 1. The normalized spacial score (nSPS) is 18.3. The molecule has 1 saturated heterocycles. The predicted octanol–water partition coefficient (Wildman–Crippen LogP) is 2.51. The number of carbonyl (C=O) groups excluding carboxylic acids is 1. The van der Waals surface area contributed by atoms with Crippen molar-refractivity contribution < 1.29 is 14.3 Å². The van der Waals surface area contributed by atoms with Gasteiger partial charge < -0.3 is 19.7 Å². The number of rotatable bonds is 6. The second-order valence-electron chi connectivity index (χ2n) is 7.18. The smallest absolute Gasteiger partial charge is 0.410 e. The highest BCUT2D eigenvalue weighted by Crippen LogP contribution is 2.13. The van der Waals surface area contributed by atoms with Crippen LogP contribution in [0.3, 0.4) is 0 Å². The number of nitrogens with one attached hydrogen (secondary N) is 1. The quantitative estimate of drug-likeness (QED) is 0.819. The molecule has 1 amide bonds. The van der Waals surface area contributed by atoms with Gasteiger partial charge in [-0.05, 0) is 58.5 Å². The van der Waals surface area contributed by atoms with E-state index in [0.29, 0.717) is 12.5 Å². The third-order valence-electron chi connectivity index (χ3n) is 3.56. The molecular formula is C16H32N2O3. The highest BCUT2D eigenvalue weighted by atomic mass is 16.6. The molecule has 1 heterocycles. The van der Waals surface area contributed by atoms with Gasteiger partial charge >= 0.3 is 6.09 Å². The highest BCUT2D eigenvalue weighted by molar-refractivity contribution is 5.67. The summed E-state index contributed by atoms with van der Waals surface area (Å²) >= 11 is 0. The summed E-state index contributed by atoms with van der Waals surface area (Å²) in [7, 11) is 1.79. The molecule has 0 aromatic carbocycles. The fourth-order valence-corrected chi connectivity index (χ4v) is 2.43. The van der Waals surface area contributed by atoms with Crippen molar-refractivity contribution >= 4 is 6.09 Å². The number of ether oxygens (including phenoxy) is 2. The third-order valence-corrected chi connectivity index (χ3v) is 3.56. The topological polar surface area (TPSA) is 50.8 Å². The molecule has 5 heteroatoms. The number of carbonyl (C=O) groups is 1. The van der Waals surface area contributed by atoms with Crippen LogP contribution in [0, 0.1) is 11.8 Å². The van der Waals surface area contributed by atoms with Crippen molar-refractivity contribution in [3.05, 3.63) is 0 Å². The van der Waals surface area contributed by atoms with Gasteiger partial charge in [-0.3, -0.25) is 0 Å². The summed E-state index contributed by atoms with van der Waals surface area (Å²) in [5, 5.41) is 3.51. The van der Waals surface area contributed by atoms with Crippen LogP contribution in [0.25, 0.3) is 0 Å². The first-order valence-corrected chi connectivity index (χ1v) is 8.00. The van der Waals surface area contributed by atoms with E-state index in [2.05, 4.69) is 12.2 Å². The van der Waals surface area contributed by atoms with Gasteiger partial charge in [0, 0.05) is 26.8 Å². The van der Waals surface area contributed by atoms with E-state index >= 15 is 0 Å². The van der Waals surface area contributed by atoms with Gasteiger partial charge in [-0.15, -0.1) is 0 Å². The first-order chi connectivity index (χ1) is 9.78. The van der Waals surface area contributed by atoms with Gasteiger partial charge in [-0.2, -0.15) is 0 Å². The van der Waals surface area contributed by atoms with Crippen LogP contribution in [-0.4, -0.2) is 56.5 Å². The Morgan fingerprint density at radius 1 is 1.38 bits per heavy atom. The molecule has 21 heavy (non-hydrogen) atoms. The van der Waals surface area contributed by atoms with Crippen LogP contribution < -0.4 is 5.32 Å². The lowest BCUT2D eigenvalue weighted by Crippen LogP contribution is -2.39. The molecule has 1 aliphatic rings. The molecule has 0 aromatic rings. The number of nitrogens with zero attached hydrogens (tertiary/aromatic N) is 1. The number of hydrogen-bond donors (Lipinski definition) is 1. The van der Waals surface area contributed by atoms with Crippen LogP contribution in [0.15, 0.2) is 0 Å². The van der Waals surface area contributed by atoms with E-state index < -0.39 is 5.60 Å². The van der Waals surface area contributed by atoms with Gasteiger partial charge in [0.2, 0.25) is 0 Å². The van der Waals surface area contributed by atoms with Crippen LogP contribution in [-0.2, 0) is 9.47 Å². The van der Waals surface area contributed by atoms with Crippen LogP contribution in [0.1, 0.15) is 40.5 Å². The van der Waals surface area contributed by atoms with E-state index in [1.165, 1.54) is 0 Å². The maximum atomic E-state index is 11.9. The minimum atomic E-state index is -0.435. The molecule has 1 atom stereocenters. The summed E-state index contributed by atoms with van der Waals surface area (Å²) in [6.07, 6.45) is 2.05. The number of hydrogen-bond acceptors (Lipinski definition) is 4. The van der Waals surface area contributed by atoms with E-state index in [1.54, 1.807) is 11.9 Å². The Labute approximate surface area is 129 Å². The van der Waals surface area contributed by atoms with Crippen LogP contribution in [0.5, 0.6) is 0 Å². The monoisotopic (exact) mass is 300 g/mol. The lowest BCUT2D eigenvalue weighted by Gasteiger charge is -2.27. The first-order valence-electron chi connectivity index (χ1n) is 8.00. The van der Waals surface area contributed by atoms with Crippen LogP contribution >= 0.6 is 0 Å². The van der Waals surface area contributed by atoms with Crippen molar-refractivity contribution in [2.75, 3.05) is 39.9 Å². The van der Waals surface area contributed by atoms with Crippen LogP contribution in [0.4, 0.5) is 4.79 Å². The van der Waals surface area contributed by atoms with Gasteiger partial charge in [0.25, 0.3) is 0 Å². The lowest BCUT2D eigenvalue weighted by atomic mass is 10.0. The molecule has 0 radical (unpaired) electrons. The van der Waals surface area contributed by atoms with Gasteiger partial charge in [0.1, 0.15) is 5.60 Å². The molecule has 1 N–H and O–H groups in total. The molecule has 1 unspecified atom stereocenters. The van der Waals surface area contributed by atoms with Crippen LogP contribution in [0.2, 0.25) is 0 Å². The Morgan fingerprint density at radius 2 is 2.00 bits per heavy atom. The molecule has 124 valence electrons. The Bertz CT molecular complexity index is 309. The molecule has 0 saturated carbocycles. The summed E-state index contributed by atoms with van der Waals surface area (Å²) in [6.45, 7) is 12.3. The summed E-state index contributed by atoms with van der Waals surface area (Å²) in [6, 6.07) is 0. The average Bonchev–Trinajstić information content (AvgIpc) is 2.37. The van der Waals surface area contributed by atoms with Crippen molar-refractivity contribution in [2.45, 2.75) is 46.1 Å². The van der Waals surface area contributed by atoms with Crippen molar-refractivity contribution in [1.29, 1.82) is 0 Å². The Hall–Kier alpha value is -0.810. The zero-order chi connectivity index (χ0) is 15.9. The average molecular weight is 300 g/mol. The largest absolute Gasteiger partial charge is 0.444 e. The van der Waals surface area contributed by atoms with E-state index in [4.69, 9.17) is 9.47 Å². The molecule has 0 aromatic heterocycles. The summed E-state index contributed by atoms with van der Waals surface area (Å²) in [5.74, 6) is 1.14. The molecular weight excluding hydrogens is 268 g/mol. The van der Waals surface area contributed by atoms with Crippen molar-refractivity contribution in [3.63, 3.8) is 0 Å². The minimum absolute atomic E-state index is 0.251. The lowest BCUT2D eigenvalue weighted by molar-refractivity contribution is 0.0275.